The lowest BCUT2D eigenvalue weighted by atomic mass is 10.0. The first kappa shape index (κ1) is 11.3. The summed E-state index contributed by atoms with van der Waals surface area (Å²) in [5, 5.41) is 47.2. The highest BCUT2D eigenvalue weighted by Crippen LogP contribution is 2.37. The molecule has 0 amide bonds. The van der Waals surface area contributed by atoms with Crippen LogP contribution in [0, 0.1) is 0 Å². The van der Waals surface area contributed by atoms with Crippen molar-refractivity contribution >= 4 is 0 Å². The molecule has 0 aromatic rings. The van der Waals surface area contributed by atoms with Crippen molar-refractivity contribution in [2.75, 3.05) is 13.2 Å². The summed E-state index contributed by atoms with van der Waals surface area (Å²) in [5.74, 6) is 0. The largest absolute Gasteiger partial charge is 0.395 e. The van der Waals surface area contributed by atoms with Gasteiger partial charge in [-0.2, -0.15) is 0 Å². The van der Waals surface area contributed by atoms with Crippen molar-refractivity contribution in [3.8, 4) is 0 Å². The molecule has 0 aromatic carbocycles. The van der Waals surface area contributed by atoms with Gasteiger partial charge in [0.15, 0.2) is 0 Å². The minimum Gasteiger partial charge on any atom is -0.395 e. The van der Waals surface area contributed by atoms with Crippen LogP contribution >= 0.6 is 0 Å². The summed E-state index contributed by atoms with van der Waals surface area (Å²) in [6.07, 6.45) is -2.37. The number of hydrogen-bond acceptors (Lipinski definition) is 6. The maximum Gasteiger partial charge on any atom is 0.0991 e. The molecule has 88 valence electrons. The van der Waals surface area contributed by atoms with E-state index in [9.17, 15) is 15.3 Å². The predicted molar refractivity (Wildman–Crippen MR) is 50.0 cm³/mol. The van der Waals surface area contributed by atoms with E-state index < -0.39 is 30.4 Å². The van der Waals surface area contributed by atoms with Crippen LogP contribution in [0.5, 0.6) is 0 Å². The van der Waals surface area contributed by atoms with Gasteiger partial charge in [-0.25, -0.2) is 0 Å². The summed E-state index contributed by atoms with van der Waals surface area (Å²) >= 11 is 0. The first-order chi connectivity index (χ1) is 7.11. The van der Waals surface area contributed by atoms with E-state index >= 15 is 0 Å². The van der Waals surface area contributed by atoms with Crippen molar-refractivity contribution in [2.24, 2.45) is 0 Å². The van der Waals surface area contributed by atoms with Crippen molar-refractivity contribution < 1.29 is 25.5 Å². The molecule has 0 aliphatic carbocycles. The first-order valence-corrected chi connectivity index (χ1v) is 5.15. The summed E-state index contributed by atoms with van der Waals surface area (Å²) in [6, 6.07) is -1.47. The highest BCUT2D eigenvalue weighted by Gasteiger charge is 2.55. The highest BCUT2D eigenvalue weighted by atomic mass is 16.3. The molecule has 6 atom stereocenters. The number of hydrogen-bond donors (Lipinski definition) is 5. The molecule has 0 aromatic heterocycles. The van der Waals surface area contributed by atoms with Crippen LogP contribution in [0.25, 0.3) is 0 Å². The topological polar surface area (TPSA) is 104 Å². The zero-order chi connectivity index (χ0) is 11.2. The molecular weight excluding hydrogens is 202 g/mol. The number of aliphatic hydroxyl groups is 5. The Morgan fingerprint density at radius 3 is 2.07 bits per heavy atom. The maximum absolute atomic E-state index is 9.70. The molecule has 2 saturated heterocycles. The summed E-state index contributed by atoms with van der Waals surface area (Å²) in [7, 11) is 0. The fraction of sp³-hybridized carbons (Fsp3) is 1.00. The van der Waals surface area contributed by atoms with E-state index in [0.29, 0.717) is 6.42 Å². The van der Waals surface area contributed by atoms with Crippen LogP contribution in [0.4, 0.5) is 0 Å². The maximum atomic E-state index is 9.70. The summed E-state index contributed by atoms with van der Waals surface area (Å²) < 4.78 is 0. The van der Waals surface area contributed by atoms with Crippen molar-refractivity contribution in [1.82, 2.24) is 4.90 Å². The fourth-order valence-electron chi connectivity index (χ4n) is 2.83. The smallest absolute Gasteiger partial charge is 0.0991 e. The number of nitrogens with zero attached hydrogens (tertiary/aromatic N) is 1. The van der Waals surface area contributed by atoms with Crippen molar-refractivity contribution in [1.29, 1.82) is 0 Å². The molecule has 2 heterocycles. The molecule has 0 radical (unpaired) electrons. The van der Waals surface area contributed by atoms with Crippen molar-refractivity contribution in [3.63, 3.8) is 0 Å². The molecule has 0 spiro atoms. The van der Waals surface area contributed by atoms with Crippen LogP contribution in [0.1, 0.15) is 6.42 Å². The molecule has 5 N–H and O–H groups in total. The Morgan fingerprint density at radius 2 is 1.53 bits per heavy atom. The lowest BCUT2D eigenvalue weighted by Crippen LogP contribution is -2.47. The van der Waals surface area contributed by atoms with E-state index in [1.165, 1.54) is 0 Å². The minimum atomic E-state index is -1.01. The molecule has 2 rings (SSSR count). The monoisotopic (exact) mass is 219 g/mol. The lowest BCUT2D eigenvalue weighted by molar-refractivity contribution is -0.00776. The molecule has 0 bridgehead atoms. The van der Waals surface area contributed by atoms with E-state index in [1.807, 2.05) is 0 Å². The molecule has 6 nitrogen and oxygen atoms in total. The Morgan fingerprint density at radius 1 is 0.933 bits per heavy atom. The van der Waals surface area contributed by atoms with Crippen LogP contribution in [-0.2, 0) is 0 Å². The molecule has 2 aliphatic heterocycles. The minimum absolute atomic E-state index is 0.242. The van der Waals surface area contributed by atoms with Crippen molar-refractivity contribution in [3.05, 3.63) is 0 Å². The van der Waals surface area contributed by atoms with Gasteiger partial charge in [0.25, 0.3) is 0 Å². The second-order valence-electron chi connectivity index (χ2n) is 4.30. The van der Waals surface area contributed by atoms with Crippen LogP contribution in [0.2, 0.25) is 0 Å². The zero-order valence-electron chi connectivity index (χ0n) is 8.27. The Balaban J connectivity index is 2.23. The van der Waals surface area contributed by atoms with E-state index in [-0.39, 0.29) is 19.3 Å². The van der Waals surface area contributed by atoms with Gasteiger partial charge in [-0.1, -0.05) is 0 Å². The van der Waals surface area contributed by atoms with Crippen LogP contribution in [0.15, 0.2) is 0 Å². The standard InChI is InChI=1S/C9H17NO5/c11-2-5-7(13)1-4-8(14)9(15)6(3-12)10(4)5/h4-9,11-15H,1-3H2/t4?,5-,6-,7-,8-,9-/m1/s1. The Hall–Kier alpha value is -0.240. The van der Waals surface area contributed by atoms with Gasteiger partial charge in [0.1, 0.15) is 0 Å². The Labute approximate surface area is 87.4 Å². The van der Waals surface area contributed by atoms with Crippen LogP contribution in [-0.4, -0.2) is 80.1 Å². The van der Waals surface area contributed by atoms with Gasteiger partial charge in [0.05, 0.1) is 43.6 Å². The van der Waals surface area contributed by atoms with Crippen molar-refractivity contribution in [2.45, 2.75) is 42.9 Å². The highest BCUT2D eigenvalue weighted by molar-refractivity contribution is 5.09. The zero-order valence-corrected chi connectivity index (χ0v) is 8.27. The van der Waals surface area contributed by atoms with Gasteiger partial charge in [-0.15, -0.1) is 0 Å². The third-order valence-corrected chi connectivity index (χ3v) is 3.59. The van der Waals surface area contributed by atoms with E-state index in [4.69, 9.17) is 10.2 Å². The molecule has 15 heavy (non-hydrogen) atoms. The van der Waals surface area contributed by atoms with Crippen LogP contribution in [0.3, 0.4) is 0 Å². The summed E-state index contributed by atoms with van der Waals surface area (Å²) in [5.41, 5.74) is 0. The molecule has 1 unspecified atom stereocenters. The summed E-state index contributed by atoms with van der Waals surface area (Å²) in [4.78, 5) is 1.64. The average Bonchev–Trinajstić information content (AvgIpc) is 2.65. The first-order valence-electron chi connectivity index (χ1n) is 5.15. The Bertz CT molecular complexity index is 237. The SMILES string of the molecule is OC[C@@H]1[C@@H](O)[C@H](O)C2C[C@@H](O)[C@@H](CO)N21. The molecular formula is C9H17NO5. The van der Waals surface area contributed by atoms with Gasteiger partial charge < -0.3 is 25.5 Å². The number of rotatable bonds is 2. The second kappa shape index (κ2) is 3.97. The quantitative estimate of drug-likeness (QED) is 0.336. The predicted octanol–water partition coefficient (Wildman–Crippen LogP) is -3.12. The molecule has 0 saturated carbocycles. The van der Waals surface area contributed by atoms with Gasteiger partial charge >= 0.3 is 0 Å². The van der Waals surface area contributed by atoms with Gasteiger partial charge in [0, 0.05) is 6.04 Å². The van der Waals surface area contributed by atoms with Crippen LogP contribution < -0.4 is 0 Å². The molecule has 6 heteroatoms. The number of aliphatic hydroxyl groups excluding tert-OH is 5. The van der Waals surface area contributed by atoms with E-state index in [2.05, 4.69) is 0 Å². The third-order valence-electron chi connectivity index (χ3n) is 3.59. The van der Waals surface area contributed by atoms with Gasteiger partial charge in [-0.3, -0.25) is 4.90 Å². The second-order valence-corrected chi connectivity index (χ2v) is 4.30. The number of fused-ring (bicyclic) bond motifs is 1. The molecule has 2 aliphatic rings. The van der Waals surface area contributed by atoms with E-state index in [0.717, 1.165) is 0 Å². The average molecular weight is 219 g/mol. The fourth-order valence-corrected chi connectivity index (χ4v) is 2.83. The van der Waals surface area contributed by atoms with E-state index in [1.54, 1.807) is 4.90 Å². The van der Waals surface area contributed by atoms with Gasteiger partial charge in [-0.05, 0) is 6.42 Å². The third kappa shape index (κ3) is 1.49. The van der Waals surface area contributed by atoms with Gasteiger partial charge in [0.2, 0.25) is 0 Å². The normalized spacial score (nSPS) is 51.0. The Kier molecular flexibility index (Phi) is 2.98. The lowest BCUT2D eigenvalue weighted by Gasteiger charge is -2.29. The summed E-state index contributed by atoms with van der Waals surface area (Å²) in [6.45, 7) is -0.536. The molecule has 2 fully saturated rings.